The van der Waals surface area contributed by atoms with Gasteiger partial charge in [-0.1, -0.05) is 0 Å². The molecule has 0 aromatic rings. The Bertz CT molecular complexity index is 310. The topological polar surface area (TPSA) is 113 Å². The minimum absolute atomic E-state index is 0.190. The molecule has 0 radical (unpaired) electrons. The summed E-state index contributed by atoms with van der Waals surface area (Å²) in [6.45, 7) is -0.398. The Morgan fingerprint density at radius 2 is 2.19 bits per heavy atom. The minimum Gasteiger partial charge on any atom is -0.480 e. The molecule has 0 aliphatic carbocycles. The minimum atomic E-state index is -1.02. The highest BCUT2D eigenvalue weighted by Gasteiger charge is 2.34. The van der Waals surface area contributed by atoms with Crippen LogP contribution in [0.3, 0.4) is 0 Å². The van der Waals surface area contributed by atoms with E-state index in [-0.39, 0.29) is 13.1 Å². The van der Waals surface area contributed by atoms with E-state index >= 15 is 0 Å². The first kappa shape index (κ1) is 12.8. The molecular weight excluding hydrogens is 234 g/mol. The van der Waals surface area contributed by atoms with Crippen LogP contribution in [0.1, 0.15) is 0 Å². The molecule has 1 unspecified atom stereocenters. The van der Waals surface area contributed by atoms with Crippen molar-refractivity contribution in [2.24, 2.45) is 5.73 Å². The molecule has 0 bridgehead atoms. The summed E-state index contributed by atoms with van der Waals surface area (Å²) in [5.74, 6) is -1.14. The van der Waals surface area contributed by atoms with Gasteiger partial charge in [-0.05, 0) is 0 Å². The molecule has 0 spiro atoms. The maximum absolute atomic E-state index is 11.6. The fourth-order valence-electron chi connectivity index (χ4n) is 1.24. The average Bonchev–Trinajstić information content (AvgIpc) is 2.74. The van der Waals surface area contributed by atoms with Gasteiger partial charge < -0.3 is 21.1 Å². The van der Waals surface area contributed by atoms with E-state index in [4.69, 9.17) is 10.8 Å². The van der Waals surface area contributed by atoms with Crippen LogP contribution < -0.4 is 11.1 Å². The van der Waals surface area contributed by atoms with Crippen LogP contribution in [-0.4, -0.2) is 58.6 Å². The Balaban J connectivity index is 2.47. The van der Waals surface area contributed by atoms with Crippen molar-refractivity contribution in [1.29, 1.82) is 0 Å². The van der Waals surface area contributed by atoms with Gasteiger partial charge in [-0.15, -0.1) is 11.8 Å². The first-order valence-electron chi connectivity index (χ1n) is 4.63. The molecular formula is C8H13N3O4S. The number of nitrogens with two attached hydrogens (primary N) is 1. The SMILES string of the molecule is NCC(=O)NCC(=O)N1CSCC1C(=O)O. The number of nitrogens with zero attached hydrogens (tertiary/aromatic N) is 1. The maximum Gasteiger partial charge on any atom is 0.327 e. The van der Waals surface area contributed by atoms with E-state index in [0.29, 0.717) is 11.6 Å². The number of carbonyl (C=O) groups excluding carboxylic acids is 2. The molecule has 1 heterocycles. The Labute approximate surface area is 96.3 Å². The Morgan fingerprint density at radius 3 is 2.75 bits per heavy atom. The molecule has 1 saturated heterocycles. The van der Waals surface area contributed by atoms with Gasteiger partial charge in [0.15, 0.2) is 0 Å². The number of amides is 2. The van der Waals surface area contributed by atoms with E-state index < -0.39 is 23.8 Å². The van der Waals surface area contributed by atoms with Gasteiger partial charge in [0, 0.05) is 5.75 Å². The van der Waals surface area contributed by atoms with Gasteiger partial charge in [-0.25, -0.2) is 4.79 Å². The van der Waals surface area contributed by atoms with Gasteiger partial charge in [0.05, 0.1) is 19.0 Å². The summed E-state index contributed by atoms with van der Waals surface area (Å²) in [5.41, 5.74) is 5.05. The Kier molecular flexibility index (Phi) is 4.56. The lowest BCUT2D eigenvalue weighted by Gasteiger charge is -2.20. The normalized spacial score (nSPS) is 19.6. The third-order valence-corrected chi connectivity index (χ3v) is 3.12. The zero-order valence-corrected chi connectivity index (χ0v) is 9.33. The van der Waals surface area contributed by atoms with E-state index in [2.05, 4.69) is 5.32 Å². The fraction of sp³-hybridized carbons (Fsp3) is 0.625. The van der Waals surface area contributed by atoms with E-state index in [0.717, 1.165) is 0 Å². The van der Waals surface area contributed by atoms with Crippen molar-refractivity contribution in [2.45, 2.75) is 6.04 Å². The van der Waals surface area contributed by atoms with E-state index in [1.165, 1.54) is 16.7 Å². The van der Waals surface area contributed by atoms with Crippen molar-refractivity contribution in [2.75, 3.05) is 24.7 Å². The highest BCUT2D eigenvalue weighted by molar-refractivity contribution is 7.99. The van der Waals surface area contributed by atoms with Crippen LogP contribution in [0.15, 0.2) is 0 Å². The van der Waals surface area contributed by atoms with Crippen molar-refractivity contribution < 1.29 is 19.5 Å². The Hall–Kier alpha value is -1.28. The smallest absolute Gasteiger partial charge is 0.327 e. The molecule has 1 atom stereocenters. The lowest BCUT2D eigenvalue weighted by Crippen LogP contribution is -2.47. The number of thioether (sulfide) groups is 1. The van der Waals surface area contributed by atoms with Crippen molar-refractivity contribution in [3.63, 3.8) is 0 Å². The molecule has 90 valence electrons. The molecule has 1 aliphatic rings. The number of hydrogen-bond acceptors (Lipinski definition) is 5. The lowest BCUT2D eigenvalue weighted by molar-refractivity contribution is -0.147. The van der Waals surface area contributed by atoms with E-state index in [1.807, 2.05) is 0 Å². The van der Waals surface area contributed by atoms with Gasteiger partial charge in [0.25, 0.3) is 0 Å². The first-order valence-corrected chi connectivity index (χ1v) is 5.78. The highest BCUT2D eigenvalue weighted by atomic mass is 32.2. The second-order valence-corrected chi connectivity index (χ2v) is 4.20. The van der Waals surface area contributed by atoms with Gasteiger partial charge in [0.1, 0.15) is 6.04 Å². The van der Waals surface area contributed by atoms with Crippen molar-refractivity contribution in [3.8, 4) is 0 Å². The van der Waals surface area contributed by atoms with Crippen LogP contribution in [0.25, 0.3) is 0 Å². The average molecular weight is 247 g/mol. The first-order chi connectivity index (χ1) is 7.56. The van der Waals surface area contributed by atoms with E-state index in [9.17, 15) is 14.4 Å². The van der Waals surface area contributed by atoms with Gasteiger partial charge >= 0.3 is 5.97 Å². The van der Waals surface area contributed by atoms with Gasteiger partial charge in [-0.2, -0.15) is 0 Å². The third kappa shape index (κ3) is 3.11. The monoisotopic (exact) mass is 247 g/mol. The summed E-state index contributed by atoms with van der Waals surface area (Å²) >= 11 is 1.37. The second-order valence-electron chi connectivity index (χ2n) is 3.20. The Morgan fingerprint density at radius 1 is 1.50 bits per heavy atom. The summed E-state index contributed by atoms with van der Waals surface area (Å²) < 4.78 is 0. The second kappa shape index (κ2) is 5.71. The molecule has 4 N–H and O–H groups in total. The largest absolute Gasteiger partial charge is 0.480 e. The zero-order valence-electron chi connectivity index (χ0n) is 8.51. The summed E-state index contributed by atoms with van der Waals surface area (Å²) in [7, 11) is 0. The summed E-state index contributed by atoms with van der Waals surface area (Å²) in [5, 5.41) is 11.2. The fourth-order valence-corrected chi connectivity index (χ4v) is 2.41. The summed E-state index contributed by atoms with van der Waals surface area (Å²) in [6, 6.07) is -0.799. The molecule has 1 fully saturated rings. The molecule has 1 rings (SSSR count). The molecule has 0 aromatic carbocycles. The molecule has 8 heteroatoms. The van der Waals surface area contributed by atoms with Crippen molar-refractivity contribution in [3.05, 3.63) is 0 Å². The molecule has 7 nitrogen and oxygen atoms in total. The van der Waals surface area contributed by atoms with Crippen molar-refractivity contribution >= 4 is 29.5 Å². The van der Waals surface area contributed by atoms with Gasteiger partial charge in [-0.3, -0.25) is 9.59 Å². The van der Waals surface area contributed by atoms with Crippen molar-refractivity contribution in [1.82, 2.24) is 10.2 Å². The number of carboxylic acids is 1. The van der Waals surface area contributed by atoms with Crippen LogP contribution in [0.5, 0.6) is 0 Å². The van der Waals surface area contributed by atoms with Crippen LogP contribution in [0, 0.1) is 0 Å². The third-order valence-electron chi connectivity index (χ3n) is 2.11. The van der Waals surface area contributed by atoms with Crippen LogP contribution in [-0.2, 0) is 14.4 Å². The molecule has 1 aliphatic heterocycles. The standard InChI is InChI=1S/C8H13N3O4S/c9-1-6(12)10-2-7(13)11-4-16-3-5(11)8(14)15/h5H,1-4,9H2,(H,10,12)(H,14,15). The number of hydrogen-bond donors (Lipinski definition) is 3. The zero-order chi connectivity index (χ0) is 12.1. The van der Waals surface area contributed by atoms with Crippen LogP contribution in [0.2, 0.25) is 0 Å². The maximum atomic E-state index is 11.6. The predicted molar refractivity (Wildman–Crippen MR) is 57.7 cm³/mol. The van der Waals surface area contributed by atoms with Crippen LogP contribution in [0.4, 0.5) is 0 Å². The molecule has 0 saturated carbocycles. The molecule has 16 heavy (non-hydrogen) atoms. The predicted octanol–water partition coefficient (Wildman–Crippen LogP) is -1.95. The highest BCUT2D eigenvalue weighted by Crippen LogP contribution is 2.20. The summed E-state index contributed by atoms with van der Waals surface area (Å²) in [4.78, 5) is 34.4. The quantitative estimate of drug-likeness (QED) is 0.532. The van der Waals surface area contributed by atoms with E-state index in [1.54, 1.807) is 0 Å². The van der Waals surface area contributed by atoms with Crippen LogP contribution >= 0.6 is 11.8 Å². The molecule has 2 amide bonds. The number of carbonyl (C=O) groups is 3. The number of nitrogens with one attached hydrogen (secondary N) is 1. The number of carboxylic acid groups (broad SMARTS) is 1. The summed E-state index contributed by atoms with van der Waals surface area (Å²) in [6.07, 6.45) is 0. The number of rotatable bonds is 4. The van der Waals surface area contributed by atoms with Gasteiger partial charge in [0.2, 0.25) is 11.8 Å². The lowest BCUT2D eigenvalue weighted by atomic mass is 10.3. The number of aliphatic carboxylic acids is 1. The molecule has 0 aromatic heterocycles.